The molecule has 1 aliphatic carbocycles. The van der Waals surface area contributed by atoms with Crippen molar-refractivity contribution in [2.45, 2.75) is 38.6 Å². The Labute approximate surface area is 123 Å². The monoisotopic (exact) mass is 289 g/mol. The summed E-state index contributed by atoms with van der Waals surface area (Å²) >= 11 is 0. The van der Waals surface area contributed by atoms with E-state index in [1.165, 1.54) is 12.1 Å². The van der Waals surface area contributed by atoms with Crippen LogP contribution in [-0.4, -0.2) is 23.2 Å². The number of aromatic nitrogens is 2. The Morgan fingerprint density at radius 2 is 1.95 bits per heavy atom. The molecule has 5 heteroatoms. The molecule has 0 unspecified atom stereocenters. The second kappa shape index (κ2) is 5.22. The SMILES string of the molecule is CN[C@@H]1CC[C@H](c2nc(-c3ccc(F)cc3)no2)C1(C)C. The molecule has 0 spiro atoms. The van der Waals surface area contributed by atoms with Gasteiger partial charge in [-0.1, -0.05) is 19.0 Å². The van der Waals surface area contributed by atoms with Crippen LogP contribution < -0.4 is 5.32 Å². The van der Waals surface area contributed by atoms with Crippen molar-refractivity contribution in [1.29, 1.82) is 0 Å². The van der Waals surface area contributed by atoms with Crippen LogP contribution in [0.3, 0.4) is 0 Å². The third-order valence-corrected chi connectivity index (χ3v) is 4.73. The van der Waals surface area contributed by atoms with E-state index in [0.29, 0.717) is 17.8 Å². The maximum atomic E-state index is 13.0. The van der Waals surface area contributed by atoms with E-state index < -0.39 is 0 Å². The zero-order valence-corrected chi connectivity index (χ0v) is 12.6. The van der Waals surface area contributed by atoms with Gasteiger partial charge in [0.05, 0.1) is 0 Å². The highest BCUT2D eigenvalue weighted by Crippen LogP contribution is 2.48. The van der Waals surface area contributed by atoms with E-state index in [4.69, 9.17) is 4.52 Å². The number of hydrogen-bond donors (Lipinski definition) is 1. The molecule has 2 aromatic rings. The van der Waals surface area contributed by atoms with Gasteiger partial charge in [-0.15, -0.1) is 0 Å². The van der Waals surface area contributed by atoms with Crippen molar-refractivity contribution in [3.05, 3.63) is 36.0 Å². The zero-order chi connectivity index (χ0) is 15.0. The molecule has 2 atom stereocenters. The van der Waals surface area contributed by atoms with Gasteiger partial charge in [0.15, 0.2) is 0 Å². The fourth-order valence-electron chi connectivity index (χ4n) is 3.37. The lowest BCUT2D eigenvalue weighted by molar-refractivity contribution is 0.225. The van der Waals surface area contributed by atoms with Crippen LogP contribution in [-0.2, 0) is 0 Å². The predicted octanol–water partition coefficient (Wildman–Crippen LogP) is 3.37. The van der Waals surface area contributed by atoms with Gasteiger partial charge in [-0.25, -0.2) is 4.39 Å². The molecule has 0 amide bonds. The van der Waals surface area contributed by atoms with Crippen molar-refractivity contribution in [3.8, 4) is 11.4 Å². The Morgan fingerprint density at radius 1 is 1.24 bits per heavy atom. The predicted molar refractivity (Wildman–Crippen MR) is 78.3 cm³/mol. The summed E-state index contributed by atoms with van der Waals surface area (Å²) in [7, 11) is 1.99. The molecule has 0 bridgehead atoms. The quantitative estimate of drug-likeness (QED) is 0.941. The molecule has 1 saturated carbocycles. The van der Waals surface area contributed by atoms with Crippen LogP contribution in [0.2, 0.25) is 0 Å². The van der Waals surface area contributed by atoms with Crippen LogP contribution in [0.25, 0.3) is 11.4 Å². The lowest BCUT2D eigenvalue weighted by atomic mass is 9.79. The van der Waals surface area contributed by atoms with Gasteiger partial charge in [0.2, 0.25) is 11.7 Å². The lowest BCUT2D eigenvalue weighted by Gasteiger charge is -2.30. The van der Waals surface area contributed by atoms with Gasteiger partial charge >= 0.3 is 0 Å². The van der Waals surface area contributed by atoms with Crippen molar-refractivity contribution >= 4 is 0 Å². The summed E-state index contributed by atoms with van der Waals surface area (Å²) in [5, 5.41) is 7.42. The van der Waals surface area contributed by atoms with E-state index in [0.717, 1.165) is 18.4 Å². The molecule has 3 rings (SSSR count). The maximum absolute atomic E-state index is 13.0. The number of hydrogen-bond acceptors (Lipinski definition) is 4. The van der Waals surface area contributed by atoms with Crippen LogP contribution in [0, 0.1) is 11.2 Å². The lowest BCUT2D eigenvalue weighted by Crippen LogP contribution is -2.37. The molecule has 1 aromatic heterocycles. The Hall–Kier alpha value is -1.75. The van der Waals surface area contributed by atoms with Crippen LogP contribution in [0.4, 0.5) is 4.39 Å². The summed E-state index contributed by atoms with van der Waals surface area (Å²) in [4.78, 5) is 4.53. The molecular weight excluding hydrogens is 269 g/mol. The molecule has 1 aliphatic rings. The first kappa shape index (κ1) is 14.2. The molecule has 1 fully saturated rings. The summed E-state index contributed by atoms with van der Waals surface area (Å²) in [5.41, 5.74) is 0.841. The second-order valence-corrected chi connectivity index (χ2v) is 6.26. The minimum Gasteiger partial charge on any atom is -0.339 e. The highest BCUT2D eigenvalue weighted by molar-refractivity contribution is 5.53. The Bertz CT molecular complexity index is 621. The number of nitrogens with zero attached hydrogens (tertiary/aromatic N) is 2. The smallest absolute Gasteiger partial charge is 0.230 e. The largest absolute Gasteiger partial charge is 0.339 e. The van der Waals surface area contributed by atoms with E-state index in [2.05, 4.69) is 29.3 Å². The van der Waals surface area contributed by atoms with Gasteiger partial charge in [0.25, 0.3) is 0 Å². The van der Waals surface area contributed by atoms with Crippen molar-refractivity contribution in [2.75, 3.05) is 7.05 Å². The van der Waals surface area contributed by atoms with Gasteiger partial charge in [-0.2, -0.15) is 4.98 Å². The summed E-state index contributed by atoms with van der Waals surface area (Å²) in [5.74, 6) is 1.18. The minimum absolute atomic E-state index is 0.0708. The fraction of sp³-hybridized carbons (Fsp3) is 0.500. The molecule has 1 N–H and O–H groups in total. The third kappa shape index (κ3) is 2.46. The van der Waals surface area contributed by atoms with Gasteiger partial charge in [-0.3, -0.25) is 0 Å². The fourth-order valence-corrected chi connectivity index (χ4v) is 3.37. The van der Waals surface area contributed by atoms with Crippen molar-refractivity contribution in [1.82, 2.24) is 15.5 Å². The second-order valence-electron chi connectivity index (χ2n) is 6.26. The molecule has 1 aromatic carbocycles. The first-order valence-electron chi connectivity index (χ1n) is 7.29. The first-order valence-corrected chi connectivity index (χ1v) is 7.29. The van der Waals surface area contributed by atoms with Crippen molar-refractivity contribution in [2.24, 2.45) is 5.41 Å². The maximum Gasteiger partial charge on any atom is 0.230 e. The average molecular weight is 289 g/mol. The molecule has 0 radical (unpaired) electrons. The Morgan fingerprint density at radius 3 is 2.57 bits per heavy atom. The van der Waals surface area contributed by atoms with Gasteiger partial charge < -0.3 is 9.84 Å². The molecule has 4 nitrogen and oxygen atoms in total. The molecule has 112 valence electrons. The van der Waals surface area contributed by atoms with E-state index in [9.17, 15) is 4.39 Å². The Balaban J connectivity index is 1.87. The van der Waals surface area contributed by atoms with Gasteiger partial charge in [0, 0.05) is 17.5 Å². The summed E-state index contributed by atoms with van der Waals surface area (Å²) in [6.07, 6.45) is 2.13. The molecular formula is C16H20FN3O. The first-order chi connectivity index (χ1) is 10.0. The van der Waals surface area contributed by atoms with E-state index in [1.807, 2.05) is 7.05 Å². The summed E-state index contributed by atoms with van der Waals surface area (Å²) in [6.45, 7) is 4.46. The molecule has 21 heavy (non-hydrogen) atoms. The number of halogens is 1. The standard InChI is InChI=1S/C16H20FN3O/c1-16(2)12(8-9-13(16)18-3)15-19-14(20-21-15)10-4-6-11(17)7-5-10/h4-7,12-13,18H,8-9H2,1-3H3/t12-,13-/m1/s1. The van der Waals surface area contributed by atoms with Gasteiger partial charge in [0.1, 0.15) is 5.82 Å². The topological polar surface area (TPSA) is 51.0 Å². The van der Waals surface area contributed by atoms with E-state index >= 15 is 0 Å². The third-order valence-electron chi connectivity index (χ3n) is 4.73. The normalized spacial score (nSPS) is 24.4. The summed E-state index contributed by atoms with van der Waals surface area (Å²) < 4.78 is 18.4. The Kier molecular flexibility index (Phi) is 3.53. The van der Waals surface area contributed by atoms with Gasteiger partial charge in [-0.05, 0) is 49.6 Å². The number of benzene rings is 1. The van der Waals surface area contributed by atoms with Crippen molar-refractivity contribution in [3.63, 3.8) is 0 Å². The van der Waals surface area contributed by atoms with Crippen LogP contribution in [0.15, 0.2) is 28.8 Å². The highest BCUT2D eigenvalue weighted by atomic mass is 19.1. The minimum atomic E-state index is -0.267. The van der Waals surface area contributed by atoms with E-state index in [-0.39, 0.29) is 17.2 Å². The zero-order valence-electron chi connectivity index (χ0n) is 12.6. The van der Waals surface area contributed by atoms with E-state index in [1.54, 1.807) is 12.1 Å². The van der Waals surface area contributed by atoms with Crippen LogP contribution in [0.1, 0.15) is 38.5 Å². The molecule has 0 saturated heterocycles. The van der Waals surface area contributed by atoms with Crippen LogP contribution in [0.5, 0.6) is 0 Å². The van der Waals surface area contributed by atoms with Crippen molar-refractivity contribution < 1.29 is 8.91 Å². The summed E-state index contributed by atoms with van der Waals surface area (Å²) in [6, 6.07) is 6.59. The number of nitrogens with one attached hydrogen (secondary N) is 1. The number of rotatable bonds is 3. The average Bonchev–Trinajstić information content (AvgIpc) is 3.03. The molecule has 0 aliphatic heterocycles. The molecule has 1 heterocycles. The highest BCUT2D eigenvalue weighted by Gasteiger charge is 2.45. The van der Waals surface area contributed by atoms with Crippen LogP contribution >= 0.6 is 0 Å².